The van der Waals surface area contributed by atoms with Gasteiger partial charge in [0.15, 0.2) is 0 Å². The first-order valence-electron chi connectivity index (χ1n) is 6.48. The molecule has 0 rings (SSSR count). The molecule has 0 spiro atoms. The monoisotopic (exact) mass is 212 g/mol. The van der Waals surface area contributed by atoms with Crippen LogP contribution in [0.25, 0.3) is 0 Å². The van der Waals surface area contributed by atoms with Crippen LogP contribution in [0.1, 0.15) is 75.2 Å². The molecular weight excluding hydrogens is 180 g/mol. The van der Waals surface area contributed by atoms with E-state index in [1.165, 1.54) is 12.8 Å². The molecule has 0 bridgehead atoms. The Morgan fingerprint density at radius 2 is 1.27 bits per heavy atom. The van der Waals surface area contributed by atoms with Crippen molar-refractivity contribution in [2.75, 3.05) is 0 Å². The van der Waals surface area contributed by atoms with Crippen LogP contribution in [0, 0.1) is 22.2 Å². The minimum atomic E-state index is 0.372. The van der Waals surface area contributed by atoms with Gasteiger partial charge >= 0.3 is 0 Å². The van der Waals surface area contributed by atoms with Gasteiger partial charge in [-0.25, -0.2) is 0 Å². The molecule has 0 fully saturated rings. The van der Waals surface area contributed by atoms with Crippen molar-refractivity contribution in [2.24, 2.45) is 22.2 Å². The van der Waals surface area contributed by atoms with E-state index in [2.05, 4.69) is 62.3 Å². The molecule has 0 heterocycles. The Hall–Kier alpha value is 0. The Balaban J connectivity index is 5.21. The topological polar surface area (TPSA) is 0 Å². The van der Waals surface area contributed by atoms with Crippen molar-refractivity contribution in [1.29, 1.82) is 0 Å². The van der Waals surface area contributed by atoms with Crippen molar-refractivity contribution in [3.05, 3.63) is 0 Å². The first-order valence-corrected chi connectivity index (χ1v) is 6.48. The lowest BCUT2D eigenvalue weighted by molar-refractivity contribution is -0.0457. The Morgan fingerprint density at radius 3 is 1.47 bits per heavy atom. The minimum Gasteiger partial charge on any atom is -0.0649 e. The summed E-state index contributed by atoms with van der Waals surface area (Å²) in [5.41, 5.74) is 1.19. The normalized spacial score (nSPS) is 18.0. The first kappa shape index (κ1) is 15.0. The van der Waals surface area contributed by atoms with Crippen LogP contribution in [0.2, 0.25) is 0 Å². The van der Waals surface area contributed by atoms with Gasteiger partial charge in [0.25, 0.3) is 0 Å². The number of hydrogen-bond acceptors (Lipinski definition) is 0. The van der Waals surface area contributed by atoms with Gasteiger partial charge in [0.1, 0.15) is 0 Å². The zero-order chi connectivity index (χ0) is 12.5. The van der Waals surface area contributed by atoms with E-state index in [9.17, 15) is 0 Å². The van der Waals surface area contributed by atoms with Crippen LogP contribution in [0.15, 0.2) is 0 Å². The van der Waals surface area contributed by atoms with Gasteiger partial charge in [0, 0.05) is 0 Å². The molecule has 0 aliphatic rings. The quantitative estimate of drug-likeness (QED) is 0.575. The molecule has 0 saturated carbocycles. The minimum absolute atomic E-state index is 0.372. The molecule has 92 valence electrons. The highest BCUT2D eigenvalue weighted by Crippen LogP contribution is 2.56. The van der Waals surface area contributed by atoms with Crippen LogP contribution in [0.4, 0.5) is 0 Å². The molecule has 0 aromatic rings. The summed E-state index contributed by atoms with van der Waals surface area (Å²) in [7, 11) is 0. The lowest BCUT2D eigenvalue weighted by Crippen LogP contribution is -2.46. The van der Waals surface area contributed by atoms with Crippen molar-refractivity contribution in [3.8, 4) is 0 Å². The summed E-state index contributed by atoms with van der Waals surface area (Å²) in [5, 5.41) is 0. The van der Waals surface area contributed by atoms with Gasteiger partial charge in [0.2, 0.25) is 0 Å². The summed E-state index contributed by atoms with van der Waals surface area (Å²) < 4.78 is 0. The van der Waals surface area contributed by atoms with Crippen LogP contribution in [-0.2, 0) is 0 Å². The maximum absolute atomic E-state index is 2.48. The highest BCUT2D eigenvalue weighted by Gasteiger charge is 2.47. The molecule has 0 heteroatoms. The summed E-state index contributed by atoms with van der Waals surface area (Å²) in [4.78, 5) is 0. The average molecular weight is 212 g/mol. The lowest BCUT2D eigenvalue weighted by Gasteiger charge is -2.54. The predicted octanol–water partition coefficient (Wildman–Crippen LogP) is 5.52. The van der Waals surface area contributed by atoms with Gasteiger partial charge in [-0.15, -0.1) is 0 Å². The van der Waals surface area contributed by atoms with Gasteiger partial charge in [-0.1, -0.05) is 68.7 Å². The second kappa shape index (κ2) is 4.47. The van der Waals surface area contributed by atoms with Crippen molar-refractivity contribution in [3.63, 3.8) is 0 Å². The second-order valence-corrected chi connectivity index (χ2v) is 7.42. The van der Waals surface area contributed by atoms with Crippen molar-refractivity contribution >= 4 is 0 Å². The summed E-state index contributed by atoms with van der Waals surface area (Å²) in [6, 6.07) is 0. The van der Waals surface area contributed by atoms with E-state index >= 15 is 0 Å². The number of rotatable bonds is 4. The largest absolute Gasteiger partial charge is 0.0649 e. The Labute approximate surface area is 97.8 Å². The summed E-state index contributed by atoms with van der Waals surface area (Å²) in [5.74, 6) is 0.778. The maximum Gasteiger partial charge on any atom is -0.0224 e. The smallest absolute Gasteiger partial charge is 0.0224 e. The molecule has 15 heavy (non-hydrogen) atoms. The fourth-order valence-corrected chi connectivity index (χ4v) is 2.80. The molecule has 0 aliphatic heterocycles. The van der Waals surface area contributed by atoms with Crippen LogP contribution in [-0.4, -0.2) is 0 Å². The van der Waals surface area contributed by atoms with Gasteiger partial charge in [-0.2, -0.15) is 0 Å². The SMILES string of the molecule is CCC(C)(C)C(C)(CC(C)C)C(C)(C)C. The van der Waals surface area contributed by atoms with Crippen LogP contribution >= 0.6 is 0 Å². The molecule has 0 radical (unpaired) electrons. The zero-order valence-corrected chi connectivity index (χ0v) is 12.5. The number of hydrogen-bond donors (Lipinski definition) is 0. The highest BCUT2D eigenvalue weighted by molar-refractivity contribution is 4.97. The fraction of sp³-hybridized carbons (Fsp3) is 1.00. The van der Waals surface area contributed by atoms with Crippen molar-refractivity contribution in [2.45, 2.75) is 75.2 Å². The maximum atomic E-state index is 2.48. The van der Waals surface area contributed by atoms with E-state index in [1.807, 2.05) is 0 Å². The van der Waals surface area contributed by atoms with E-state index < -0.39 is 0 Å². The first-order chi connectivity index (χ1) is 6.48. The van der Waals surface area contributed by atoms with Crippen molar-refractivity contribution < 1.29 is 0 Å². The summed E-state index contributed by atoms with van der Waals surface area (Å²) >= 11 is 0. The Bertz CT molecular complexity index is 193. The van der Waals surface area contributed by atoms with E-state index in [-0.39, 0.29) is 0 Å². The molecule has 0 N–H and O–H groups in total. The summed E-state index contributed by atoms with van der Waals surface area (Å²) in [6.07, 6.45) is 2.57. The third kappa shape index (κ3) is 2.98. The molecular formula is C15H32. The van der Waals surface area contributed by atoms with Crippen LogP contribution < -0.4 is 0 Å². The molecule has 0 aromatic heterocycles. The molecule has 0 aromatic carbocycles. The Morgan fingerprint density at radius 1 is 0.867 bits per heavy atom. The van der Waals surface area contributed by atoms with Gasteiger partial charge in [-0.3, -0.25) is 0 Å². The van der Waals surface area contributed by atoms with E-state index in [0.717, 1.165) is 5.92 Å². The van der Waals surface area contributed by atoms with Crippen molar-refractivity contribution in [1.82, 2.24) is 0 Å². The Kier molecular flexibility index (Phi) is 4.47. The molecule has 0 aliphatic carbocycles. The van der Waals surface area contributed by atoms with Gasteiger partial charge in [0.05, 0.1) is 0 Å². The lowest BCUT2D eigenvalue weighted by atomic mass is 9.51. The van der Waals surface area contributed by atoms with E-state index in [1.54, 1.807) is 0 Å². The van der Waals surface area contributed by atoms with E-state index in [4.69, 9.17) is 0 Å². The third-order valence-corrected chi connectivity index (χ3v) is 4.85. The van der Waals surface area contributed by atoms with E-state index in [0.29, 0.717) is 16.2 Å². The van der Waals surface area contributed by atoms with Crippen LogP contribution in [0.5, 0.6) is 0 Å². The molecule has 0 saturated heterocycles. The molecule has 1 unspecified atom stereocenters. The third-order valence-electron chi connectivity index (χ3n) is 4.85. The van der Waals surface area contributed by atoms with Crippen LogP contribution in [0.3, 0.4) is 0 Å². The fourth-order valence-electron chi connectivity index (χ4n) is 2.80. The average Bonchev–Trinajstić information content (AvgIpc) is 2.00. The highest BCUT2D eigenvalue weighted by atomic mass is 14.5. The molecule has 0 amide bonds. The molecule has 1 atom stereocenters. The predicted molar refractivity (Wildman–Crippen MR) is 71.1 cm³/mol. The second-order valence-electron chi connectivity index (χ2n) is 7.42. The zero-order valence-electron chi connectivity index (χ0n) is 12.5. The standard InChI is InChI=1S/C15H32/c1-10-14(7,8)15(9,11-12(2)3)13(4,5)6/h12H,10-11H2,1-9H3. The molecule has 0 nitrogen and oxygen atoms in total. The van der Waals surface area contributed by atoms with Gasteiger partial charge in [-0.05, 0) is 28.6 Å². The summed E-state index contributed by atoms with van der Waals surface area (Å²) in [6.45, 7) is 21.5. The van der Waals surface area contributed by atoms with Gasteiger partial charge < -0.3 is 0 Å².